The van der Waals surface area contributed by atoms with Gasteiger partial charge in [-0.05, 0) is 48.5 Å². The Hall–Kier alpha value is -3.00. The van der Waals surface area contributed by atoms with E-state index in [2.05, 4.69) is 15.0 Å². The summed E-state index contributed by atoms with van der Waals surface area (Å²) in [4.78, 5) is 16.1. The summed E-state index contributed by atoms with van der Waals surface area (Å²) in [5.41, 5.74) is 1.17. The predicted molar refractivity (Wildman–Crippen MR) is 97.0 cm³/mol. The molecule has 9 heteroatoms. The van der Waals surface area contributed by atoms with E-state index in [1.807, 2.05) is 0 Å². The van der Waals surface area contributed by atoms with Crippen LogP contribution in [0.5, 0.6) is 5.75 Å². The fourth-order valence-corrected chi connectivity index (χ4v) is 2.48. The van der Waals surface area contributed by atoms with Gasteiger partial charge >= 0.3 is 6.36 Å². The second-order valence-corrected chi connectivity index (χ2v) is 6.18. The lowest BCUT2D eigenvalue weighted by Gasteiger charge is -2.09. The third-order valence-corrected chi connectivity index (χ3v) is 3.87. The van der Waals surface area contributed by atoms with Crippen molar-refractivity contribution in [1.29, 1.82) is 0 Å². The molecule has 0 bridgehead atoms. The van der Waals surface area contributed by atoms with Crippen LogP contribution in [-0.2, 0) is 11.2 Å². The maximum absolute atomic E-state index is 12.1. The fraction of sp³-hybridized carbons (Fsp3) is 0.158. The van der Waals surface area contributed by atoms with Crippen LogP contribution in [0.3, 0.4) is 0 Å². The minimum atomic E-state index is -4.76. The lowest BCUT2D eigenvalue weighted by molar-refractivity contribution is -0.274. The quantitative estimate of drug-likeness (QED) is 0.585. The van der Waals surface area contributed by atoms with Crippen molar-refractivity contribution in [1.82, 2.24) is 4.98 Å². The topological polar surface area (TPSA) is 64.4 Å². The van der Waals surface area contributed by atoms with Gasteiger partial charge in [-0.1, -0.05) is 11.6 Å². The number of hydrogen-bond acceptors (Lipinski definition) is 4. The molecule has 0 spiro atoms. The molecule has 146 valence electrons. The van der Waals surface area contributed by atoms with E-state index >= 15 is 0 Å². The first kappa shape index (κ1) is 19.8. The molecule has 3 rings (SSSR count). The van der Waals surface area contributed by atoms with Gasteiger partial charge in [0.15, 0.2) is 11.7 Å². The number of nitrogens with one attached hydrogen (secondary N) is 1. The van der Waals surface area contributed by atoms with Gasteiger partial charge in [0.05, 0.1) is 6.20 Å². The van der Waals surface area contributed by atoms with Crippen molar-refractivity contribution in [3.63, 3.8) is 0 Å². The zero-order valence-electron chi connectivity index (χ0n) is 14.3. The smallest absolute Gasteiger partial charge is 0.441 e. The Bertz CT molecular complexity index is 938. The Morgan fingerprint density at radius 1 is 1.11 bits per heavy atom. The van der Waals surface area contributed by atoms with Gasteiger partial charge in [0.25, 0.3) is 0 Å². The van der Waals surface area contributed by atoms with Crippen LogP contribution in [0.2, 0.25) is 5.02 Å². The molecule has 0 aliphatic rings. The van der Waals surface area contributed by atoms with E-state index < -0.39 is 6.36 Å². The van der Waals surface area contributed by atoms with Crippen LogP contribution < -0.4 is 10.1 Å². The number of oxazole rings is 1. The molecule has 0 aliphatic carbocycles. The van der Waals surface area contributed by atoms with Crippen LogP contribution in [0.4, 0.5) is 18.9 Å². The molecule has 1 N–H and O–H groups in total. The number of benzene rings is 2. The molecule has 2 aromatic carbocycles. The first-order valence-electron chi connectivity index (χ1n) is 8.15. The predicted octanol–water partition coefficient (Wildman–Crippen LogP) is 5.46. The van der Waals surface area contributed by atoms with E-state index in [1.165, 1.54) is 12.1 Å². The van der Waals surface area contributed by atoms with Gasteiger partial charge in [0.1, 0.15) is 5.75 Å². The number of aromatic nitrogens is 1. The normalized spacial score (nSPS) is 11.3. The number of hydrogen-bond donors (Lipinski definition) is 1. The monoisotopic (exact) mass is 410 g/mol. The SMILES string of the molecule is O=C(CCc1ncc(-c2ccc(Cl)cc2)o1)Nc1ccc(OC(F)(F)F)cc1. The van der Waals surface area contributed by atoms with Crippen molar-refractivity contribution in [3.8, 4) is 17.1 Å². The summed E-state index contributed by atoms with van der Waals surface area (Å²) in [6.45, 7) is 0. The molecule has 0 saturated carbocycles. The first-order chi connectivity index (χ1) is 13.3. The molecular weight excluding hydrogens is 397 g/mol. The average molecular weight is 411 g/mol. The van der Waals surface area contributed by atoms with E-state index in [0.717, 1.165) is 17.7 Å². The largest absolute Gasteiger partial charge is 0.573 e. The van der Waals surface area contributed by atoms with Crippen LogP contribution in [-0.4, -0.2) is 17.3 Å². The zero-order valence-corrected chi connectivity index (χ0v) is 15.1. The number of carbonyl (C=O) groups is 1. The molecule has 5 nitrogen and oxygen atoms in total. The van der Waals surface area contributed by atoms with Gasteiger partial charge in [-0.3, -0.25) is 4.79 Å². The molecule has 3 aromatic rings. The molecule has 0 atom stereocenters. The van der Waals surface area contributed by atoms with Gasteiger partial charge in [0, 0.05) is 29.1 Å². The van der Waals surface area contributed by atoms with Crippen LogP contribution in [0.25, 0.3) is 11.3 Å². The second-order valence-electron chi connectivity index (χ2n) is 5.75. The molecule has 0 fully saturated rings. The average Bonchev–Trinajstić information content (AvgIpc) is 3.10. The summed E-state index contributed by atoms with van der Waals surface area (Å²) in [6.07, 6.45) is -2.82. The third-order valence-electron chi connectivity index (χ3n) is 3.62. The summed E-state index contributed by atoms with van der Waals surface area (Å²) >= 11 is 5.84. The van der Waals surface area contributed by atoms with Crippen molar-refractivity contribution in [2.45, 2.75) is 19.2 Å². The van der Waals surface area contributed by atoms with Gasteiger partial charge in [0.2, 0.25) is 5.91 Å². The lowest BCUT2D eigenvalue weighted by atomic mass is 10.2. The molecule has 28 heavy (non-hydrogen) atoms. The minimum absolute atomic E-state index is 0.0986. The van der Waals surface area contributed by atoms with Crippen molar-refractivity contribution >= 4 is 23.2 Å². The highest BCUT2D eigenvalue weighted by Gasteiger charge is 2.30. The Balaban J connectivity index is 1.51. The number of aryl methyl sites for hydroxylation is 1. The second kappa shape index (κ2) is 8.35. The van der Waals surface area contributed by atoms with Crippen molar-refractivity contribution in [3.05, 3.63) is 65.6 Å². The molecule has 1 aromatic heterocycles. The Morgan fingerprint density at radius 3 is 2.43 bits per heavy atom. The Labute approximate surface area is 163 Å². The zero-order chi connectivity index (χ0) is 20.1. The molecule has 1 heterocycles. The summed E-state index contributed by atoms with van der Waals surface area (Å²) in [6, 6.07) is 11.9. The van der Waals surface area contributed by atoms with E-state index in [4.69, 9.17) is 16.0 Å². The lowest BCUT2D eigenvalue weighted by Crippen LogP contribution is -2.17. The maximum atomic E-state index is 12.1. The summed E-state index contributed by atoms with van der Waals surface area (Å²) < 4.78 is 45.8. The Kier molecular flexibility index (Phi) is 5.89. The minimum Gasteiger partial charge on any atom is -0.441 e. The first-order valence-corrected chi connectivity index (χ1v) is 8.52. The van der Waals surface area contributed by atoms with Crippen molar-refractivity contribution in [2.24, 2.45) is 0 Å². The number of halogens is 4. The van der Waals surface area contributed by atoms with Crippen molar-refractivity contribution in [2.75, 3.05) is 5.32 Å². The Morgan fingerprint density at radius 2 is 1.79 bits per heavy atom. The fourth-order valence-electron chi connectivity index (χ4n) is 2.36. The highest BCUT2D eigenvalue weighted by molar-refractivity contribution is 6.30. The number of alkyl halides is 3. The number of rotatable bonds is 6. The number of carbonyl (C=O) groups excluding carboxylic acids is 1. The summed E-state index contributed by atoms with van der Waals surface area (Å²) in [7, 11) is 0. The molecule has 0 unspecified atom stereocenters. The van der Waals surface area contributed by atoms with Crippen LogP contribution in [0.15, 0.2) is 59.1 Å². The van der Waals surface area contributed by atoms with Gasteiger partial charge in [-0.2, -0.15) is 0 Å². The van der Waals surface area contributed by atoms with E-state index in [1.54, 1.807) is 30.5 Å². The van der Waals surface area contributed by atoms with Gasteiger partial charge in [-0.15, -0.1) is 13.2 Å². The van der Waals surface area contributed by atoms with Crippen LogP contribution in [0, 0.1) is 0 Å². The van der Waals surface area contributed by atoms with E-state index in [9.17, 15) is 18.0 Å². The highest BCUT2D eigenvalue weighted by atomic mass is 35.5. The van der Waals surface area contributed by atoms with Crippen LogP contribution >= 0.6 is 11.6 Å². The number of anilines is 1. The molecule has 0 saturated heterocycles. The number of nitrogens with zero attached hydrogens (tertiary/aromatic N) is 1. The maximum Gasteiger partial charge on any atom is 0.573 e. The number of amides is 1. The summed E-state index contributed by atoms with van der Waals surface area (Å²) in [5.74, 6) is 0.275. The highest BCUT2D eigenvalue weighted by Crippen LogP contribution is 2.25. The summed E-state index contributed by atoms with van der Waals surface area (Å²) in [5, 5.41) is 3.20. The van der Waals surface area contributed by atoms with Gasteiger partial charge < -0.3 is 14.5 Å². The van der Waals surface area contributed by atoms with Crippen molar-refractivity contribution < 1.29 is 27.1 Å². The third kappa shape index (κ3) is 5.75. The molecule has 0 radical (unpaired) electrons. The molecule has 0 aliphatic heterocycles. The van der Waals surface area contributed by atoms with E-state index in [-0.39, 0.29) is 24.5 Å². The van der Waals surface area contributed by atoms with Crippen LogP contribution in [0.1, 0.15) is 12.3 Å². The molecular formula is C19H14ClF3N2O3. The molecule has 1 amide bonds. The standard InChI is InChI=1S/C19H14ClF3N2O3/c20-13-3-1-12(2-4-13)16-11-24-18(27-16)10-9-17(26)25-14-5-7-15(8-6-14)28-19(21,22)23/h1-8,11H,9-10H2,(H,25,26). The number of ether oxygens (including phenoxy) is 1. The van der Waals surface area contributed by atoms with E-state index in [0.29, 0.717) is 22.4 Å². The van der Waals surface area contributed by atoms with Gasteiger partial charge in [-0.25, -0.2) is 4.98 Å².